The van der Waals surface area contributed by atoms with Crippen LogP contribution < -0.4 is 5.32 Å². The van der Waals surface area contributed by atoms with Crippen molar-refractivity contribution in [3.63, 3.8) is 0 Å². The molecular formula is C18H19N3O. The van der Waals surface area contributed by atoms with Crippen molar-refractivity contribution in [2.24, 2.45) is 0 Å². The van der Waals surface area contributed by atoms with Crippen molar-refractivity contribution in [1.29, 1.82) is 0 Å². The summed E-state index contributed by atoms with van der Waals surface area (Å²) in [4.78, 5) is 16.8. The molecule has 0 spiro atoms. The van der Waals surface area contributed by atoms with Crippen LogP contribution in [0.5, 0.6) is 0 Å². The van der Waals surface area contributed by atoms with E-state index in [4.69, 9.17) is 0 Å². The van der Waals surface area contributed by atoms with Crippen LogP contribution in [0.25, 0.3) is 11.0 Å². The number of aromatic nitrogens is 2. The highest BCUT2D eigenvalue weighted by Crippen LogP contribution is 2.20. The summed E-state index contributed by atoms with van der Waals surface area (Å²) in [6, 6.07) is 13.7. The van der Waals surface area contributed by atoms with Gasteiger partial charge in [-0.15, -0.1) is 0 Å². The summed E-state index contributed by atoms with van der Waals surface area (Å²) < 4.78 is 1.96. The van der Waals surface area contributed by atoms with Gasteiger partial charge in [0.05, 0.1) is 11.0 Å². The smallest absolute Gasteiger partial charge is 0.244 e. The van der Waals surface area contributed by atoms with E-state index < -0.39 is 0 Å². The van der Waals surface area contributed by atoms with Crippen LogP contribution in [0, 0.1) is 20.8 Å². The van der Waals surface area contributed by atoms with E-state index in [0.29, 0.717) is 0 Å². The van der Waals surface area contributed by atoms with Gasteiger partial charge >= 0.3 is 0 Å². The molecule has 112 valence electrons. The average molecular weight is 293 g/mol. The first-order valence-electron chi connectivity index (χ1n) is 7.33. The molecule has 1 N–H and O–H groups in total. The van der Waals surface area contributed by atoms with Crippen LogP contribution in [0.4, 0.5) is 5.69 Å². The Morgan fingerprint density at radius 3 is 2.50 bits per heavy atom. The highest BCUT2D eigenvalue weighted by molar-refractivity contribution is 5.91. The largest absolute Gasteiger partial charge is 0.325 e. The van der Waals surface area contributed by atoms with Crippen molar-refractivity contribution in [2.45, 2.75) is 27.3 Å². The number of benzene rings is 2. The number of carbonyl (C=O) groups is 1. The number of rotatable bonds is 3. The molecule has 0 bridgehead atoms. The molecule has 1 amide bonds. The van der Waals surface area contributed by atoms with Gasteiger partial charge in [-0.05, 0) is 56.2 Å². The fraction of sp³-hybridized carbons (Fsp3) is 0.222. The van der Waals surface area contributed by atoms with Crippen molar-refractivity contribution < 1.29 is 4.79 Å². The molecule has 1 aromatic heterocycles. The number of hydrogen-bond donors (Lipinski definition) is 1. The molecule has 0 saturated carbocycles. The first-order valence-corrected chi connectivity index (χ1v) is 7.33. The second-order valence-corrected chi connectivity index (χ2v) is 5.58. The Kier molecular flexibility index (Phi) is 3.67. The summed E-state index contributed by atoms with van der Waals surface area (Å²) in [6.07, 6.45) is 0. The maximum Gasteiger partial charge on any atom is 0.244 e. The number of fused-ring (bicyclic) bond motifs is 1. The number of nitrogens with zero attached hydrogens (tertiary/aromatic N) is 2. The first-order chi connectivity index (χ1) is 10.5. The molecule has 1 heterocycles. The Morgan fingerprint density at radius 1 is 1.09 bits per heavy atom. The molecule has 4 heteroatoms. The van der Waals surface area contributed by atoms with Crippen molar-refractivity contribution >= 4 is 22.6 Å². The second-order valence-electron chi connectivity index (χ2n) is 5.58. The van der Waals surface area contributed by atoms with E-state index in [1.54, 1.807) is 0 Å². The Labute approximate surface area is 129 Å². The lowest BCUT2D eigenvalue weighted by Crippen LogP contribution is -2.19. The summed E-state index contributed by atoms with van der Waals surface area (Å²) in [7, 11) is 0. The minimum atomic E-state index is -0.0492. The van der Waals surface area contributed by atoms with Crippen molar-refractivity contribution in [3.8, 4) is 0 Å². The number of anilines is 1. The van der Waals surface area contributed by atoms with Crippen LogP contribution in [-0.2, 0) is 11.3 Å². The van der Waals surface area contributed by atoms with E-state index in [1.807, 2.05) is 41.8 Å². The fourth-order valence-corrected chi connectivity index (χ4v) is 2.57. The fourth-order valence-electron chi connectivity index (χ4n) is 2.57. The van der Waals surface area contributed by atoms with Crippen LogP contribution in [0.3, 0.4) is 0 Å². The second kappa shape index (κ2) is 5.64. The zero-order valence-corrected chi connectivity index (χ0v) is 13.1. The molecular weight excluding hydrogens is 274 g/mol. The highest BCUT2D eigenvalue weighted by Gasteiger charge is 2.12. The summed E-state index contributed by atoms with van der Waals surface area (Å²) in [5.41, 5.74) is 5.17. The lowest BCUT2D eigenvalue weighted by atomic mass is 10.1. The SMILES string of the molecule is Cc1cc2nc(C)n(CC(=O)Nc3ccccc3)c2cc1C. The third kappa shape index (κ3) is 2.72. The predicted octanol–water partition coefficient (Wildman–Crippen LogP) is 3.60. The maximum absolute atomic E-state index is 12.3. The third-order valence-electron chi connectivity index (χ3n) is 3.91. The molecule has 4 nitrogen and oxygen atoms in total. The van der Waals surface area contributed by atoms with Crippen LogP contribution in [-0.4, -0.2) is 15.5 Å². The standard InChI is InChI=1S/C18H19N3O/c1-12-9-16-17(10-13(12)2)21(14(3)19-16)11-18(22)20-15-7-5-4-6-8-15/h4-10H,11H2,1-3H3,(H,20,22). The average Bonchev–Trinajstić information content (AvgIpc) is 2.76. The van der Waals surface area contributed by atoms with E-state index in [1.165, 1.54) is 11.1 Å². The van der Waals surface area contributed by atoms with Crippen molar-refractivity contribution in [3.05, 3.63) is 59.4 Å². The van der Waals surface area contributed by atoms with Gasteiger partial charge in [0.2, 0.25) is 5.91 Å². The summed E-state index contributed by atoms with van der Waals surface area (Å²) in [6.45, 7) is 6.34. The molecule has 3 rings (SSSR count). The van der Waals surface area contributed by atoms with E-state index in [9.17, 15) is 4.79 Å². The number of nitrogens with one attached hydrogen (secondary N) is 1. The molecule has 0 aliphatic rings. The molecule has 0 aliphatic carbocycles. The van der Waals surface area contributed by atoms with Crippen LogP contribution in [0.2, 0.25) is 0 Å². The van der Waals surface area contributed by atoms with E-state index in [-0.39, 0.29) is 12.5 Å². The Morgan fingerprint density at radius 2 is 1.77 bits per heavy atom. The number of para-hydroxylation sites is 1. The Bertz CT molecular complexity index is 834. The van der Waals surface area contributed by atoms with Gasteiger partial charge in [-0.3, -0.25) is 4.79 Å². The zero-order valence-electron chi connectivity index (χ0n) is 13.1. The van der Waals surface area contributed by atoms with Crippen LogP contribution in [0.1, 0.15) is 17.0 Å². The topological polar surface area (TPSA) is 46.9 Å². The summed E-state index contributed by atoms with van der Waals surface area (Å²) >= 11 is 0. The van der Waals surface area contributed by atoms with Gasteiger partial charge in [0.25, 0.3) is 0 Å². The van der Waals surface area contributed by atoms with E-state index in [2.05, 4.69) is 36.3 Å². The number of amides is 1. The highest BCUT2D eigenvalue weighted by atomic mass is 16.1. The van der Waals surface area contributed by atoms with Gasteiger partial charge < -0.3 is 9.88 Å². The van der Waals surface area contributed by atoms with Crippen LogP contribution >= 0.6 is 0 Å². The number of imidazole rings is 1. The van der Waals surface area contributed by atoms with Crippen molar-refractivity contribution in [1.82, 2.24) is 9.55 Å². The lowest BCUT2D eigenvalue weighted by Gasteiger charge is -2.09. The zero-order chi connectivity index (χ0) is 15.7. The van der Waals surface area contributed by atoms with Gasteiger partial charge in [-0.25, -0.2) is 4.98 Å². The van der Waals surface area contributed by atoms with Gasteiger partial charge in [0.15, 0.2) is 0 Å². The normalized spacial score (nSPS) is 10.9. The van der Waals surface area contributed by atoms with Gasteiger partial charge in [-0.2, -0.15) is 0 Å². The molecule has 22 heavy (non-hydrogen) atoms. The maximum atomic E-state index is 12.3. The van der Waals surface area contributed by atoms with Gasteiger partial charge in [0, 0.05) is 5.69 Å². The minimum absolute atomic E-state index is 0.0492. The quantitative estimate of drug-likeness (QED) is 0.802. The molecule has 0 unspecified atom stereocenters. The Hall–Kier alpha value is -2.62. The third-order valence-corrected chi connectivity index (χ3v) is 3.91. The van der Waals surface area contributed by atoms with E-state index >= 15 is 0 Å². The minimum Gasteiger partial charge on any atom is -0.325 e. The van der Waals surface area contributed by atoms with Crippen molar-refractivity contribution in [2.75, 3.05) is 5.32 Å². The Balaban J connectivity index is 1.89. The molecule has 0 aliphatic heterocycles. The van der Waals surface area contributed by atoms with E-state index in [0.717, 1.165) is 22.5 Å². The molecule has 2 aromatic carbocycles. The molecule has 3 aromatic rings. The predicted molar refractivity (Wildman–Crippen MR) is 89.0 cm³/mol. The number of aryl methyl sites for hydroxylation is 3. The van der Waals surface area contributed by atoms with Gasteiger partial charge in [-0.1, -0.05) is 18.2 Å². The molecule has 0 atom stereocenters. The number of carbonyl (C=O) groups excluding carboxylic acids is 1. The number of hydrogen-bond acceptors (Lipinski definition) is 2. The van der Waals surface area contributed by atoms with Gasteiger partial charge in [0.1, 0.15) is 12.4 Å². The molecule has 0 radical (unpaired) electrons. The molecule has 0 fully saturated rings. The summed E-state index contributed by atoms with van der Waals surface area (Å²) in [5.74, 6) is 0.801. The lowest BCUT2D eigenvalue weighted by molar-refractivity contribution is -0.116. The summed E-state index contributed by atoms with van der Waals surface area (Å²) in [5, 5.41) is 2.91. The van der Waals surface area contributed by atoms with Crippen LogP contribution in [0.15, 0.2) is 42.5 Å². The monoisotopic (exact) mass is 293 g/mol. The molecule has 0 saturated heterocycles. The first kappa shape index (κ1) is 14.3.